The first kappa shape index (κ1) is 13.0. The Hall–Kier alpha value is -1.45. The second-order valence-corrected chi connectivity index (χ2v) is 4.66. The standard InChI is InChI=1S/C14H16ClNO2/c1-9-3-12(4-10(2)14(9)15)18-8-13-5-11(6-16)7-17-13/h3-5,7H,6,8,16H2,1-2H3. The molecule has 4 heteroatoms. The van der Waals surface area contributed by atoms with Crippen LogP contribution in [0.5, 0.6) is 5.75 Å². The molecule has 96 valence electrons. The molecule has 0 spiro atoms. The van der Waals surface area contributed by atoms with Crippen LogP contribution in [0.15, 0.2) is 28.9 Å². The molecule has 0 saturated carbocycles. The third-order valence-corrected chi connectivity index (χ3v) is 3.33. The zero-order valence-corrected chi connectivity index (χ0v) is 11.3. The summed E-state index contributed by atoms with van der Waals surface area (Å²) in [6.45, 7) is 4.78. The third-order valence-electron chi connectivity index (χ3n) is 2.73. The fourth-order valence-corrected chi connectivity index (χ4v) is 1.86. The SMILES string of the molecule is Cc1cc(OCc2cc(CN)co2)cc(C)c1Cl. The van der Waals surface area contributed by atoms with Crippen molar-refractivity contribution in [1.29, 1.82) is 0 Å². The molecule has 0 radical (unpaired) electrons. The van der Waals surface area contributed by atoms with E-state index in [2.05, 4.69) is 0 Å². The second kappa shape index (κ2) is 5.46. The maximum Gasteiger partial charge on any atom is 0.146 e. The molecule has 1 aromatic heterocycles. The number of hydrogen-bond acceptors (Lipinski definition) is 3. The van der Waals surface area contributed by atoms with Crippen LogP contribution in [0.25, 0.3) is 0 Å². The van der Waals surface area contributed by atoms with Crippen LogP contribution in [-0.2, 0) is 13.2 Å². The van der Waals surface area contributed by atoms with Gasteiger partial charge in [-0.3, -0.25) is 0 Å². The van der Waals surface area contributed by atoms with Crippen molar-refractivity contribution in [2.75, 3.05) is 0 Å². The Bertz CT molecular complexity index is 525. The topological polar surface area (TPSA) is 48.4 Å². The summed E-state index contributed by atoms with van der Waals surface area (Å²) < 4.78 is 11.0. The molecule has 1 heterocycles. The molecule has 18 heavy (non-hydrogen) atoms. The van der Waals surface area contributed by atoms with Gasteiger partial charge in [0.2, 0.25) is 0 Å². The number of nitrogens with two attached hydrogens (primary N) is 1. The minimum Gasteiger partial charge on any atom is -0.486 e. The van der Waals surface area contributed by atoms with Crippen LogP contribution in [-0.4, -0.2) is 0 Å². The fourth-order valence-electron chi connectivity index (χ4n) is 1.75. The van der Waals surface area contributed by atoms with Gasteiger partial charge in [-0.2, -0.15) is 0 Å². The van der Waals surface area contributed by atoms with Crippen molar-refractivity contribution in [3.8, 4) is 5.75 Å². The largest absolute Gasteiger partial charge is 0.486 e. The zero-order chi connectivity index (χ0) is 13.1. The van der Waals surface area contributed by atoms with Crippen LogP contribution < -0.4 is 10.5 Å². The molecule has 2 rings (SSSR count). The van der Waals surface area contributed by atoms with Gasteiger partial charge in [-0.15, -0.1) is 0 Å². The van der Waals surface area contributed by atoms with E-state index in [1.807, 2.05) is 32.0 Å². The summed E-state index contributed by atoms with van der Waals surface area (Å²) in [6, 6.07) is 5.74. The number of hydrogen-bond donors (Lipinski definition) is 1. The first-order valence-corrected chi connectivity index (χ1v) is 6.14. The predicted octanol–water partition coefficient (Wildman–Crippen LogP) is 3.59. The van der Waals surface area contributed by atoms with Gasteiger partial charge in [0.05, 0.1) is 6.26 Å². The van der Waals surface area contributed by atoms with Gasteiger partial charge in [-0.25, -0.2) is 0 Å². The zero-order valence-electron chi connectivity index (χ0n) is 10.5. The molecule has 2 N–H and O–H groups in total. The summed E-state index contributed by atoms with van der Waals surface area (Å²) in [6.07, 6.45) is 1.65. The van der Waals surface area contributed by atoms with Crippen LogP contribution in [0, 0.1) is 13.8 Å². The maximum atomic E-state index is 6.10. The molecule has 0 amide bonds. The quantitative estimate of drug-likeness (QED) is 0.919. The molecular weight excluding hydrogens is 250 g/mol. The van der Waals surface area contributed by atoms with Crippen LogP contribution in [0.3, 0.4) is 0 Å². The highest BCUT2D eigenvalue weighted by Gasteiger charge is 2.05. The van der Waals surface area contributed by atoms with E-state index in [0.29, 0.717) is 13.2 Å². The lowest BCUT2D eigenvalue weighted by Crippen LogP contribution is -1.96. The van der Waals surface area contributed by atoms with E-state index in [0.717, 1.165) is 33.2 Å². The van der Waals surface area contributed by atoms with Crippen LogP contribution in [0.1, 0.15) is 22.5 Å². The van der Waals surface area contributed by atoms with E-state index >= 15 is 0 Å². The van der Waals surface area contributed by atoms with Crippen molar-refractivity contribution in [3.63, 3.8) is 0 Å². The van der Waals surface area contributed by atoms with Crippen LogP contribution in [0.4, 0.5) is 0 Å². The summed E-state index contributed by atoms with van der Waals surface area (Å²) in [5, 5.41) is 0.783. The smallest absolute Gasteiger partial charge is 0.146 e. The summed E-state index contributed by atoms with van der Waals surface area (Å²) >= 11 is 6.10. The molecule has 0 saturated heterocycles. The molecule has 0 aliphatic carbocycles. The van der Waals surface area contributed by atoms with Crippen molar-refractivity contribution in [1.82, 2.24) is 0 Å². The predicted molar refractivity (Wildman–Crippen MR) is 71.9 cm³/mol. The minimum absolute atomic E-state index is 0.389. The van der Waals surface area contributed by atoms with E-state index in [4.69, 9.17) is 26.5 Å². The summed E-state index contributed by atoms with van der Waals surface area (Å²) in [5.74, 6) is 1.56. The van der Waals surface area contributed by atoms with Crippen molar-refractivity contribution >= 4 is 11.6 Å². The molecule has 0 atom stereocenters. The van der Waals surface area contributed by atoms with Gasteiger partial charge in [0.25, 0.3) is 0 Å². The van der Waals surface area contributed by atoms with Crippen LogP contribution >= 0.6 is 11.6 Å². The van der Waals surface area contributed by atoms with Crippen molar-refractivity contribution < 1.29 is 9.15 Å². The fraction of sp³-hybridized carbons (Fsp3) is 0.286. The molecule has 0 bridgehead atoms. The molecule has 1 aromatic carbocycles. The van der Waals surface area contributed by atoms with Crippen molar-refractivity contribution in [2.24, 2.45) is 5.73 Å². The Morgan fingerprint density at radius 3 is 2.44 bits per heavy atom. The van der Waals surface area contributed by atoms with Gasteiger partial charge < -0.3 is 14.9 Å². The average molecular weight is 266 g/mol. The van der Waals surface area contributed by atoms with E-state index in [-0.39, 0.29) is 0 Å². The Kier molecular flexibility index (Phi) is 3.94. The van der Waals surface area contributed by atoms with E-state index in [1.54, 1.807) is 6.26 Å². The lowest BCUT2D eigenvalue weighted by molar-refractivity contribution is 0.270. The van der Waals surface area contributed by atoms with Gasteiger partial charge in [-0.05, 0) is 43.2 Å². The first-order valence-electron chi connectivity index (χ1n) is 5.76. The van der Waals surface area contributed by atoms with Crippen molar-refractivity contribution in [2.45, 2.75) is 27.0 Å². The van der Waals surface area contributed by atoms with E-state index in [1.165, 1.54) is 0 Å². The highest BCUT2D eigenvalue weighted by atomic mass is 35.5. The first-order chi connectivity index (χ1) is 8.60. The molecular formula is C14H16ClNO2. The highest BCUT2D eigenvalue weighted by Crippen LogP contribution is 2.26. The summed E-state index contributed by atoms with van der Waals surface area (Å²) in [7, 11) is 0. The average Bonchev–Trinajstić information content (AvgIpc) is 2.81. The normalized spacial score (nSPS) is 10.7. The molecule has 0 fully saturated rings. The maximum absolute atomic E-state index is 6.10. The van der Waals surface area contributed by atoms with Gasteiger partial charge in [0, 0.05) is 17.1 Å². The monoisotopic (exact) mass is 265 g/mol. The number of benzene rings is 1. The molecule has 0 unspecified atom stereocenters. The van der Waals surface area contributed by atoms with E-state index < -0.39 is 0 Å². The van der Waals surface area contributed by atoms with Gasteiger partial charge in [0.15, 0.2) is 0 Å². The lowest BCUT2D eigenvalue weighted by Gasteiger charge is -2.08. The number of rotatable bonds is 4. The second-order valence-electron chi connectivity index (χ2n) is 4.29. The Morgan fingerprint density at radius 2 is 1.89 bits per heavy atom. The molecule has 0 aliphatic heterocycles. The number of furan rings is 1. The highest BCUT2D eigenvalue weighted by molar-refractivity contribution is 6.32. The third kappa shape index (κ3) is 2.86. The molecule has 0 aliphatic rings. The van der Waals surface area contributed by atoms with Gasteiger partial charge >= 0.3 is 0 Å². The minimum atomic E-state index is 0.389. The number of ether oxygens (including phenoxy) is 1. The molecule has 3 nitrogen and oxygen atoms in total. The molecule has 2 aromatic rings. The lowest BCUT2D eigenvalue weighted by atomic mass is 10.1. The van der Waals surface area contributed by atoms with Gasteiger partial charge in [-0.1, -0.05) is 11.6 Å². The number of halogens is 1. The van der Waals surface area contributed by atoms with Gasteiger partial charge in [0.1, 0.15) is 18.1 Å². The van der Waals surface area contributed by atoms with Crippen molar-refractivity contribution in [3.05, 3.63) is 51.9 Å². The van der Waals surface area contributed by atoms with Crippen LogP contribution in [0.2, 0.25) is 5.02 Å². The van der Waals surface area contributed by atoms with E-state index in [9.17, 15) is 0 Å². The summed E-state index contributed by atoms with van der Waals surface area (Å²) in [4.78, 5) is 0. The summed E-state index contributed by atoms with van der Waals surface area (Å²) in [5.41, 5.74) is 8.50. The Balaban J connectivity index is 2.06. The Morgan fingerprint density at radius 1 is 1.22 bits per heavy atom. The number of aryl methyl sites for hydroxylation is 2. The Labute approximate surface area is 111 Å².